The minimum atomic E-state index is -0.824. The molecule has 3 rings (SSSR count). The Balaban J connectivity index is 1.52. The Labute approximate surface area is 154 Å². The lowest BCUT2D eigenvalue weighted by atomic mass is 10.1. The number of β-amino-alcohol motifs (C(OH)–C–C–N with tert-alkyl or cyclic N) is 1. The zero-order valence-corrected chi connectivity index (χ0v) is 15.2. The quantitative estimate of drug-likeness (QED) is 0.760. The number of rotatable bonds is 8. The molecule has 2 aromatic rings. The zero-order chi connectivity index (χ0) is 18.4. The van der Waals surface area contributed by atoms with Crippen molar-refractivity contribution in [3.05, 3.63) is 59.7 Å². The average Bonchev–Trinajstić information content (AvgIpc) is 3.01. The largest absolute Gasteiger partial charge is 0.491 e. The summed E-state index contributed by atoms with van der Waals surface area (Å²) in [6.07, 6.45) is 0.694. The number of aliphatic hydroxyl groups is 2. The summed E-state index contributed by atoms with van der Waals surface area (Å²) < 4.78 is 11.2. The number of hydrogen-bond donors (Lipinski definition) is 2. The van der Waals surface area contributed by atoms with Crippen molar-refractivity contribution in [2.45, 2.75) is 25.5 Å². The number of hydrogen-bond acceptors (Lipinski definition) is 5. The normalized spacial score (nSPS) is 20.3. The molecule has 0 radical (unpaired) electrons. The number of nitrogens with zero attached hydrogens (tertiary/aromatic N) is 1. The molecule has 26 heavy (non-hydrogen) atoms. The number of aliphatic hydroxyl groups excluding tert-OH is 1. The van der Waals surface area contributed by atoms with Crippen LogP contribution in [0.25, 0.3) is 0 Å². The molecule has 140 valence electrons. The summed E-state index contributed by atoms with van der Waals surface area (Å²) in [4.78, 5) is 2.23. The second-order valence-electron chi connectivity index (χ2n) is 7.01. The van der Waals surface area contributed by atoms with Gasteiger partial charge < -0.3 is 19.7 Å². The third kappa shape index (κ3) is 5.21. The highest BCUT2D eigenvalue weighted by molar-refractivity contribution is 5.29. The Morgan fingerprint density at radius 1 is 1.08 bits per heavy atom. The molecule has 0 saturated carbocycles. The Hall–Kier alpha value is -2.08. The standard InChI is InChI=1S/C21H27NO4/c1-17-5-7-19(8-6-17)26-16-21(24)9-10-22(15-21)14-18-3-2-4-20(13-18)25-12-11-23/h2-8,13,23-24H,9-12,14-16H2,1H3/t21-/m0/s1. The molecule has 1 fully saturated rings. The molecular weight excluding hydrogens is 330 g/mol. The van der Waals surface area contributed by atoms with Gasteiger partial charge in [0, 0.05) is 19.6 Å². The zero-order valence-electron chi connectivity index (χ0n) is 15.2. The molecule has 0 unspecified atom stereocenters. The second kappa shape index (κ2) is 8.54. The van der Waals surface area contributed by atoms with Crippen LogP contribution in [0.5, 0.6) is 11.5 Å². The highest BCUT2D eigenvalue weighted by Gasteiger charge is 2.36. The van der Waals surface area contributed by atoms with Crippen LogP contribution in [0.1, 0.15) is 17.5 Å². The first-order valence-electron chi connectivity index (χ1n) is 9.03. The molecule has 1 atom stereocenters. The van der Waals surface area contributed by atoms with Crippen LogP contribution in [0.15, 0.2) is 48.5 Å². The van der Waals surface area contributed by atoms with E-state index in [1.807, 2.05) is 55.5 Å². The summed E-state index contributed by atoms with van der Waals surface area (Å²) in [5.74, 6) is 1.55. The van der Waals surface area contributed by atoms with Crippen molar-refractivity contribution in [1.82, 2.24) is 4.90 Å². The predicted molar refractivity (Wildman–Crippen MR) is 101 cm³/mol. The van der Waals surface area contributed by atoms with Crippen LogP contribution in [-0.2, 0) is 6.54 Å². The lowest BCUT2D eigenvalue weighted by molar-refractivity contribution is 0.00338. The fraction of sp³-hybridized carbons (Fsp3) is 0.429. The van der Waals surface area contributed by atoms with Gasteiger partial charge in [-0.15, -0.1) is 0 Å². The van der Waals surface area contributed by atoms with Gasteiger partial charge in [-0.05, 0) is 43.2 Å². The van der Waals surface area contributed by atoms with E-state index in [9.17, 15) is 5.11 Å². The predicted octanol–water partition coefficient (Wildman–Crippen LogP) is 2.38. The van der Waals surface area contributed by atoms with Gasteiger partial charge in [0.05, 0.1) is 6.61 Å². The van der Waals surface area contributed by atoms with Crippen LogP contribution >= 0.6 is 0 Å². The van der Waals surface area contributed by atoms with Crippen molar-refractivity contribution in [2.75, 3.05) is 32.9 Å². The maximum absolute atomic E-state index is 10.8. The molecule has 0 spiro atoms. The van der Waals surface area contributed by atoms with Gasteiger partial charge in [-0.3, -0.25) is 4.90 Å². The first-order chi connectivity index (χ1) is 12.6. The summed E-state index contributed by atoms with van der Waals surface area (Å²) in [6, 6.07) is 15.7. The molecule has 0 aromatic heterocycles. The molecule has 2 N–H and O–H groups in total. The third-order valence-corrected chi connectivity index (χ3v) is 4.60. The lowest BCUT2D eigenvalue weighted by Gasteiger charge is -2.24. The van der Waals surface area contributed by atoms with Crippen molar-refractivity contribution in [3.8, 4) is 11.5 Å². The van der Waals surface area contributed by atoms with Crippen LogP contribution in [0.3, 0.4) is 0 Å². The monoisotopic (exact) mass is 357 g/mol. The Morgan fingerprint density at radius 3 is 2.65 bits per heavy atom. The van der Waals surface area contributed by atoms with Crippen molar-refractivity contribution in [3.63, 3.8) is 0 Å². The molecule has 5 heteroatoms. The smallest absolute Gasteiger partial charge is 0.119 e. The van der Waals surface area contributed by atoms with Crippen molar-refractivity contribution < 1.29 is 19.7 Å². The SMILES string of the molecule is Cc1ccc(OC[C@]2(O)CCN(Cc3cccc(OCCO)c3)C2)cc1. The Bertz CT molecular complexity index is 703. The lowest BCUT2D eigenvalue weighted by Crippen LogP contribution is -2.39. The van der Waals surface area contributed by atoms with Gasteiger partial charge in [-0.2, -0.15) is 0 Å². The van der Waals surface area contributed by atoms with E-state index in [0.29, 0.717) is 26.2 Å². The summed E-state index contributed by atoms with van der Waals surface area (Å²) in [7, 11) is 0. The second-order valence-corrected chi connectivity index (χ2v) is 7.01. The van der Waals surface area contributed by atoms with E-state index in [1.54, 1.807) is 0 Å². The molecule has 1 aliphatic heterocycles. The van der Waals surface area contributed by atoms with Gasteiger partial charge in [0.15, 0.2) is 0 Å². The van der Waals surface area contributed by atoms with E-state index in [4.69, 9.17) is 14.6 Å². The minimum Gasteiger partial charge on any atom is -0.491 e. The van der Waals surface area contributed by atoms with Crippen molar-refractivity contribution in [2.24, 2.45) is 0 Å². The third-order valence-electron chi connectivity index (χ3n) is 4.60. The maximum atomic E-state index is 10.8. The summed E-state index contributed by atoms with van der Waals surface area (Å²) in [5, 5.41) is 19.7. The molecule has 0 amide bonds. The van der Waals surface area contributed by atoms with E-state index < -0.39 is 5.60 Å². The molecule has 0 aliphatic carbocycles. The van der Waals surface area contributed by atoms with Gasteiger partial charge in [0.2, 0.25) is 0 Å². The highest BCUT2D eigenvalue weighted by Crippen LogP contribution is 2.25. The average molecular weight is 357 g/mol. The topological polar surface area (TPSA) is 62.2 Å². The first kappa shape index (κ1) is 18.7. The fourth-order valence-corrected chi connectivity index (χ4v) is 3.20. The molecule has 2 aromatic carbocycles. The van der Waals surface area contributed by atoms with Crippen LogP contribution in [0, 0.1) is 6.92 Å². The van der Waals surface area contributed by atoms with Gasteiger partial charge in [-0.1, -0.05) is 29.8 Å². The summed E-state index contributed by atoms with van der Waals surface area (Å²) in [5.41, 5.74) is 1.49. The number of aryl methyl sites for hydroxylation is 1. The number of benzene rings is 2. The van der Waals surface area contributed by atoms with Gasteiger partial charge in [0.25, 0.3) is 0 Å². The van der Waals surface area contributed by atoms with Crippen LogP contribution in [0.2, 0.25) is 0 Å². The Kier molecular flexibility index (Phi) is 6.14. The first-order valence-corrected chi connectivity index (χ1v) is 9.03. The fourth-order valence-electron chi connectivity index (χ4n) is 3.20. The van der Waals surface area contributed by atoms with E-state index in [-0.39, 0.29) is 6.61 Å². The van der Waals surface area contributed by atoms with Gasteiger partial charge in [-0.25, -0.2) is 0 Å². The van der Waals surface area contributed by atoms with Crippen molar-refractivity contribution in [1.29, 1.82) is 0 Å². The van der Waals surface area contributed by atoms with Crippen LogP contribution in [0.4, 0.5) is 0 Å². The van der Waals surface area contributed by atoms with Crippen molar-refractivity contribution >= 4 is 0 Å². The molecule has 0 bridgehead atoms. The number of ether oxygens (including phenoxy) is 2. The van der Waals surface area contributed by atoms with Crippen LogP contribution < -0.4 is 9.47 Å². The van der Waals surface area contributed by atoms with E-state index >= 15 is 0 Å². The molecular formula is C21H27NO4. The van der Waals surface area contributed by atoms with Crippen LogP contribution in [-0.4, -0.2) is 53.6 Å². The Morgan fingerprint density at radius 2 is 1.88 bits per heavy atom. The minimum absolute atomic E-state index is 0.00433. The molecule has 1 heterocycles. The summed E-state index contributed by atoms with van der Waals surface area (Å²) >= 11 is 0. The van der Waals surface area contributed by atoms with Gasteiger partial charge in [0.1, 0.15) is 30.3 Å². The van der Waals surface area contributed by atoms with Gasteiger partial charge >= 0.3 is 0 Å². The van der Waals surface area contributed by atoms with E-state index in [1.165, 1.54) is 5.56 Å². The summed E-state index contributed by atoms with van der Waals surface area (Å²) in [6.45, 7) is 4.80. The molecule has 5 nitrogen and oxygen atoms in total. The molecule has 1 aliphatic rings. The maximum Gasteiger partial charge on any atom is 0.119 e. The van der Waals surface area contributed by atoms with E-state index in [0.717, 1.165) is 30.2 Å². The molecule has 1 saturated heterocycles. The number of likely N-dealkylation sites (tertiary alicyclic amines) is 1. The van der Waals surface area contributed by atoms with E-state index in [2.05, 4.69) is 4.90 Å². The highest BCUT2D eigenvalue weighted by atomic mass is 16.5.